The standard InChI is InChI=1S/C19H15N5O6S/c20-19(22-21-10-11-2-1-3-14(8-11)24(29)30)31-15-9-16(25)23(17(15)26)13-6-4-12(5-7-13)18(27)28/h1-8,10,15H,9H2,(H2,20,22)(H,27,28)/b21-10-/t15-/m1/s1. The number of aromatic carboxylic acids is 1. The van der Waals surface area contributed by atoms with Gasteiger partial charge in [-0.25, -0.2) is 9.69 Å². The van der Waals surface area contributed by atoms with E-state index >= 15 is 0 Å². The summed E-state index contributed by atoms with van der Waals surface area (Å²) in [5.41, 5.74) is 6.43. The predicted octanol–water partition coefficient (Wildman–Crippen LogP) is 2.01. The van der Waals surface area contributed by atoms with E-state index in [-0.39, 0.29) is 28.5 Å². The molecule has 0 saturated carbocycles. The molecule has 2 aromatic rings. The van der Waals surface area contributed by atoms with Crippen molar-refractivity contribution in [3.63, 3.8) is 0 Å². The average molecular weight is 441 g/mol. The number of nitrogens with zero attached hydrogens (tertiary/aromatic N) is 4. The van der Waals surface area contributed by atoms with Crippen molar-refractivity contribution in [1.82, 2.24) is 0 Å². The van der Waals surface area contributed by atoms with Gasteiger partial charge in [-0.05, 0) is 24.3 Å². The van der Waals surface area contributed by atoms with Crippen LogP contribution < -0.4 is 10.6 Å². The number of hydrogen-bond acceptors (Lipinski definition) is 8. The number of thioether (sulfide) groups is 1. The Balaban J connectivity index is 1.66. The maximum Gasteiger partial charge on any atom is 0.335 e. The van der Waals surface area contributed by atoms with E-state index < -0.39 is 28.0 Å². The number of carbonyl (C=O) groups is 3. The number of anilines is 1. The molecule has 0 aliphatic carbocycles. The van der Waals surface area contributed by atoms with Crippen molar-refractivity contribution in [3.05, 3.63) is 69.8 Å². The van der Waals surface area contributed by atoms with Crippen LogP contribution in [0.2, 0.25) is 0 Å². The average Bonchev–Trinajstić information content (AvgIpc) is 3.01. The lowest BCUT2D eigenvalue weighted by molar-refractivity contribution is -0.384. The lowest BCUT2D eigenvalue weighted by Gasteiger charge is -2.14. The number of nitrogens with two attached hydrogens (primary N) is 1. The fourth-order valence-corrected chi connectivity index (χ4v) is 3.58. The van der Waals surface area contributed by atoms with Gasteiger partial charge in [0, 0.05) is 24.1 Å². The quantitative estimate of drug-likeness (QED) is 0.225. The van der Waals surface area contributed by atoms with Crippen molar-refractivity contribution in [3.8, 4) is 0 Å². The maximum absolute atomic E-state index is 12.6. The number of carboxylic acids is 1. The lowest BCUT2D eigenvalue weighted by atomic mass is 10.2. The molecule has 0 bridgehead atoms. The number of benzene rings is 2. The zero-order valence-electron chi connectivity index (χ0n) is 15.7. The maximum atomic E-state index is 12.6. The highest BCUT2D eigenvalue weighted by molar-refractivity contribution is 8.14. The van der Waals surface area contributed by atoms with Crippen molar-refractivity contribution in [2.75, 3.05) is 4.90 Å². The van der Waals surface area contributed by atoms with Crippen LogP contribution in [0.3, 0.4) is 0 Å². The molecule has 3 N–H and O–H groups in total. The van der Waals surface area contributed by atoms with Gasteiger partial charge in [-0.15, -0.1) is 5.10 Å². The van der Waals surface area contributed by atoms with Crippen LogP contribution in [-0.2, 0) is 9.59 Å². The summed E-state index contributed by atoms with van der Waals surface area (Å²) >= 11 is 0.868. The number of non-ortho nitro benzene ring substituents is 1. The molecule has 11 nitrogen and oxygen atoms in total. The fourth-order valence-electron chi connectivity index (χ4n) is 2.76. The second-order valence-electron chi connectivity index (χ2n) is 6.26. The van der Waals surface area contributed by atoms with Gasteiger partial charge in [-0.2, -0.15) is 5.10 Å². The first-order valence-corrected chi connectivity index (χ1v) is 9.62. The molecule has 1 saturated heterocycles. The first-order valence-electron chi connectivity index (χ1n) is 8.74. The summed E-state index contributed by atoms with van der Waals surface area (Å²) in [5, 5.41) is 26.4. The Kier molecular flexibility index (Phi) is 6.40. The zero-order valence-corrected chi connectivity index (χ0v) is 16.6. The van der Waals surface area contributed by atoms with Gasteiger partial charge in [-0.3, -0.25) is 19.7 Å². The Morgan fingerprint density at radius 1 is 1.26 bits per heavy atom. The molecular formula is C19H15N5O6S. The van der Waals surface area contributed by atoms with Gasteiger partial charge in [0.1, 0.15) is 5.25 Å². The number of hydrogen-bond donors (Lipinski definition) is 2. The first kappa shape index (κ1) is 21.6. The van der Waals surface area contributed by atoms with Crippen LogP contribution in [0, 0.1) is 10.1 Å². The van der Waals surface area contributed by atoms with Crippen LogP contribution in [0.5, 0.6) is 0 Å². The van der Waals surface area contributed by atoms with E-state index in [1.54, 1.807) is 6.07 Å². The molecular weight excluding hydrogens is 426 g/mol. The molecule has 0 spiro atoms. The number of amidine groups is 1. The molecule has 0 aromatic heterocycles. The molecule has 0 unspecified atom stereocenters. The van der Waals surface area contributed by atoms with E-state index in [9.17, 15) is 24.5 Å². The van der Waals surface area contributed by atoms with E-state index in [0.29, 0.717) is 5.56 Å². The first-order chi connectivity index (χ1) is 14.8. The van der Waals surface area contributed by atoms with Gasteiger partial charge in [0.2, 0.25) is 11.8 Å². The molecule has 2 aromatic carbocycles. The van der Waals surface area contributed by atoms with Crippen LogP contribution in [0.4, 0.5) is 11.4 Å². The third-order valence-electron chi connectivity index (χ3n) is 4.18. The molecule has 1 aliphatic heterocycles. The second-order valence-corrected chi connectivity index (χ2v) is 7.49. The Morgan fingerprint density at radius 2 is 1.97 bits per heavy atom. The predicted molar refractivity (Wildman–Crippen MR) is 114 cm³/mol. The molecule has 12 heteroatoms. The Morgan fingerprint density at radius 3 is 2.61 bits per heavy atom. The van der Waals surface area contributed by atoms with E-state index in [2.05, 4.69) is 10.2 Å². The van der Waals surface area contributed by atoms with Crippen LogP contribution in [0.25, 0.3) is 0 Å². The fraction of sp³-hybridized carbons (Fsp3) is 0.105. The molecule has 31 heavy (non-hydrogen) atoms. The van der Waals surface area contributed by atoms with Crippen molar-refractivity contribution in [1.29, 1.82) is 0 Å². The van der Waals surface area contributed by atoms with Gasteiger partial charge < -0.3 is 10.8 Å². The second kappa shape index (κ2) is 9.17. The molecule has 0 radical (unpaired) electrons. The largest absolute Gasteiger partial charge is 0.478 e. The molecule has 1 atom stereocenters. The summed E-state index contributed by atoms with van der Waals surface area (Å²) in [7, 11) is 0. The Hall–Kier alpha value is -4.06. The minimum atomic E-state index is -1.12. The summed E-state index contributed by atoms with van der Waals surface area (Å²) in [5.74, 6) is -2.06. The van der Waals surface area contributed by atoms with Crippen molar-refractivity contribution < 1.29 is 24.4 Å². The van der Waals surface area contributed by atoms with Crippen molar-refractivity contribution in [2.45, 2.75) is 11.7 Å². The van der Waals surface area contributed by atoms with Crippen LogP contribution in [-0.4, -0.2) is 44.4 Å². The summed E-state index contributed by atoms with van der Waals surface area (Å²) < 4.78 is 0. The molecule has 3 rings (SSSR count). The van der Waals surface area contributed by atoms with Crippen LogP contribution in [0.1, 0.15) is 22.3 Å². The zero-order chi connectivity index (χ0) is 22.5. The Bertz CT molecular complexity index is 1120. The lowest BCUT2D eigenvalue weighted by Crippen LogP contribution is -2.31. The third-order valence-corrected chi connectivity index (χ3v) is 5.16. The minimum absolute atomic E-state index is 0.0340. The van der Waals surface area contributed by atoms with Crippen LogP contribution >= 0.6 is 11.8 Å². The van der Waals surface area contributed by atoms with E-state index in [1.807, 2.05) is 0 Å². The highest BCUT2D eigenvalue weighted by Crippen LogP contribution is 2.30. The number of imide groups is 1. The van der Waals surface area contributed by atoms with Gasteiger partial charge in [0.25, 0.3) is 5.69 Å². The molecule has 1 heterocycles. The summed E-state index contributed by atoms with van der Waals surface area (Å²) in [6.45, 7) is 0. The van der Waals surface area contributed by atoms with Gasteiger partial charge in [0.15, 0.2) is 5.17 Å². The van der Waals surface area contributed by atoms with E-state index in [0.717, 1.165) is 16.7 Å². The third kappa shape index (κ3) is 5.11. The highest BCUT2D eigenvalue weighted by atomic mass is 32.2. The molecule has 1 aliphatic rings. The number of rotatable bonds is 6. The number of carboxylic acid groups (broad SMARTS) is 1. The number of amides is 2. The number of nitro groups is 1. The monoisotopic (exact) mass is 441 g/mol. The summed E-state index contributed by atoms with van der Waals surface area (Å²) in [6.07, 6.45) is 1.17. The highest BCUT2D eigenvalue weighted by Gasteiger charge is 2.40. The van der Waals surface area contributed by atoms with Gasteiger partial charge >= 0.3 is 5.97 Å². The minimum Gasteiger partial charge on any atom is -0.478 e. The molecule has 158 valence electrons. The summed E-state index contributed by atoms with van der Waals surface area (Å²) in [6, 6.07) is 11.1. The van der Waals surface area contributed by atoms with Crippen molar-refractivity contribution in [2.24, 2.45) is 15.9 Å². The topological polar surface area (TPSA) is 169 Å². The van der Waals surface area contributed by atoms with Gasteiger partial charge in [-0.1, -0.05) is 23.9 Å². The Labute approximate surface area is 179 Å². The molecule has 2 amide bonds. The normalized spacial score (nSPS) is 16.8. The summed E-state index contributed by atoms with van der Waals surface area (Å²) in [4.78, 5) is 47.1. The van der Waals surface area contributed by atoms with Gasteiger partial charge in [0.05, 0.1) is 22.4 Å². The number of nitro benzene ring substituents is 1. The SMILES string of the molecule is NC(=N/N=C\c1cccc([N+](=O)[O-])c1)S[C@@H]1CC(=O)N(c2ccc(C(=O)O)cc2)C1=O. The smallest absolute Gasteiger partial charge is 0.335 e. The van der Waals surface area contributed by atoms with E-state index in [4.69, 9.17) is 10.8 Å². The van der Waals surface area contributed by atoms with Crippen LogP contribution in [0.15, 0.2) is 58.7 Å². The van der Waals surface area contributed by atoms with Crippen molar-refractivity contribution >= 4 is 52.3 Å². The number of carbonyl (C=O) groups excluding carboxylic acids is 2. The molecule has 1 fully saturated rings. The van der Waals surface area contributed by atoms with E-state index in [1.165, 1.54) is 48.7 Å².